The first-order valence-corrected chi connectivity index (χ1v) is 9.23. The molecule has 0 spiro atoms. The SMILES string of the molecule is CCOc1ccc(N(CC(=O)Cl)S(=O)(=O)c2ccc(Cl)cc2)cc1. The van der Waals surface area contributed by atoms with E-state index >= 15 is 0 Å². The van der Waals surface area contributed by atoms with E-state index in [9.17, 15) is 13.2 Å². The molecule has 0 N–H and O–H groups in total. The summed E-state index contributed by atoms with van der Waals surface area (Å²) in [6.07, 6.45) is 0. The number of nitrogens with zero attached hydrogens (tertiary/aromatic N) is 1. The van der Waals surface area contributed by atoms with Crippen LogP contribution in [0.4, 0.5) is 5.69 Å². The molecule has 0 saturated heterocycles. The first kappa shape index (κ1) is 18.6. The average Bonchev–Trinajstić information content (AvgIpc) is 2.54. The van der Waals surface area contributed by atoms with E-state index in [1.165, 1.54) is 24.3 Å². The normalized spacial score (nSPS) is 11.1. The summed E-state index contributed by atoms with van der Waals surface area (Å²) in [4.78, 5) is 11.4. The Morgan fingerprint density at radius 2 is 1.67 bits per heavy atom. The van der Waals surface area contributed by atoms with Crippen molar-refractivity contribution >= 4 is 44.2 Å². The van der Waals surface area contributed by atoms with Crippen molar-refractivity contribution < 1.29 is 17.9 Å². The minimum atomic E-state index is -3.96. The van der Waals surface area contributed by atoms with E-state index in [1.54, 1.807) is 24.3 Å². The Balaban J connectivity index is 2.43. The van der Waals surface area contributed by atoms with Gasteiger partial charge < -0.3 is 4.74 Å². The fourth-order valence-electron chi connectivity index (χ4n) is 2.04. The summed E-state index contributed by atoms with van der Waals surface area (Å²) in [7, 11) is -3.96. The smallest absolute Gasteiger partial charge is 0.264 e. The average molecular weight is 388 g/mol. The standard InChI is InChI=1S/C16H15Cl2NO4S/c1-2-23-14-7-5-13(6-8-14)19(11-16(18)20)24(21,22)15-9-3-12(17)4-10-15/h3-10H,2,11H2,1H3. The second-order valence-electron chi connectivity index (χ2n) is 4.75. The van der Waals surface area contributed by atoms with Gasteiger partial charge in [0.05, 0.1) is 17.2 Å². The number of benzene rings is 2. The molecule has 2 aromatic carbocycles. The zero-order chi connectivity index (χ0) is 17.7. The minimum Gasteiger partial charge on any atom is -0.494 e. The van der Waals surface area contributed by atoms with Crippen LogP contribution >= 0.6 is 23.2 Å². The van der Waals surface area contributed by atoms with Crippen LogP contribution in [0.1, 0.15) is 6.92 Å². The van der Waals surface area contributed by atoms with E-state index < -0.39 is 21.8 Å². The van der Waals surface area contributed by atoms with Gasteiger partial charge in [-0.15, -0.1) is 0 Å². The van der Waals surface area contributed by atoms with Crippen molar-refractivity contribution in [1.29, 1.82) is 0 Å². The van der Waals surface area contributed by atoms with Crippen molar-refractivity contribution in [2.24, 2.45) is 0 Å². The monoisotopic (exact) mass is 387 g/mol. The summed E-state index contributed by atoms with van der Waals surface area (Å²) < 4.78 is 31.9. The van der Waals surface area contributed by atoms with Gasteiger partial charge in [0.25, 0.3) is 10.0 Å². The quantitative estimate of drug-likeness (QED) is 0.679. The molecule has 0 aromatic heterocycles. The number of ether oxygens (including phenoxy) is 1. The zero-order valence-electron chi connectivity index (χ0n) is 12.8. The lowest BCUT2D eigenvalue weighted by Gasteiger charge is -2.23. The van der Waals surface area contributed by atoms with E-state index in [0.717, 1.165) is 4.31 Å². The van der Waals surface area contributed by atoms with Crippen LogP contribution in [0.25, 0.3) is 0 Å². The number of hydrogen-bond donors (Lipinski definition) is 0. The van der Waals surface area contributed by atoms with Crippen LogP contribution in [0, 0.1) is 0 Å². The first-order chi connectivity index (χ1) is 11.3. The highest BCUT2D eigenvalue weighted by Crippen LogP contribution is 2.26. The summed E-state index contributed by atoms with van der Waals surface area (Å²) in [5.74, 6) is 0.599. The molecule has 5 nitrogen and oxygen atoms in total. The number of rotatable bonds is 7. The molecule has 2 aromatic rings. The Morgan fingerprint density at radius 1 is 1.08 bits per heavy atom. The Labute approximate surface area is 150 Å². The maximum Gasteiger partial charge on any atom is 0.264 e. The topological polar surface area (TPSA) is 63.7 Å². The molecule has 0 aliphatic rings. The largest absolute Gasteiger partial charge is 0.494 e. The summed E-state index contributed by atoms with van der Waals surface area (Å²) >= 11 is 11.2. The Hall–Kier alpha value is -1.76. The third kappa shape index (κ3) is 4.41. The van der Waals surface area contributed by atoms with Gasteiger partial charge in [0.2, 0.25) is 5.24 Å². The highest BCUT2D eigenvalue weighted by atomic mass is 35.5. The molecule has 0 aliphatic carbocycles. The maximum absolute atomic E-state index is 12.8. The number of carbonyl (C=O) groups is 1. The van der Waals surface area contributed by atoms with Gasteiger partial charge in [0, 0.05) is 5.02 Å². The van der Waals surface area contributed by atoms with E-state index in [1.807, 2.05) is 6.92 Å². The molecule has 0 amide bonds. The molecule has 128 valence electrons. The van der Waals surface area contributed by atoms with Gasteiger partial charge in [-0.25, -0.2) is 8.42 Å². The first-order valence-electron chi connectivity index (χ1n) is 7.04. The van der Waals surface area contributed by atoms with Crippen LogP contribution in [0.2, 0.25) is 5.02 Å². The molecule has 0 bridgehead atoms. The maximum atomic E-state index is 12.8. The number of carbonyl (C=O) groups excluding carboxylic acids is 1. The highest BCUT2D eigenvalue weighted by Gasteiger charge is 2.26. The molecule has 0 heterocycles. The Bertz CT molecular complexity index is 805. The molecule has 0 saturated carbocycles. The molecule has 0 atom stereocenters. The van der Waals surface area contributed by atoms with E-state index in [4.69, 9.17) is 27.9 Å². The van der Waals surface area contributed by atoms with Gasteiger partial charge in [0.15, 0.2) is 0 Å². The lowest BCUT2D eigenvalue weighted by molar-refractivity contribution is -0.110. The molecule has 0 unspecified atom stereocenters. The van der Waals surface area contributed by atoms with Crippen molar-refractivity contribution in [3.8, 4) is 5.75 Å². The second-order valence-corrected chi connectivity index (χ2v) is 7.47. The van der Waals surface area contributed by atoms with Crippen LogP contribution in [0.3, 0.4) is 0 Å². The van der Waals surface area contributed by atoms with Gasteiger partial charge in [-0.2, -0.15) is 0 Å². The molecule has 8 heteroatoms. The van der Waals surface area contributed by atoms with E-state index in [-0.39, 0.29) is 4.90 Å². The van der Waals surface area contributed by atoms with Crippen molar-refractivity contribution in [2.45, 2.75) is 11.8 Å². The van der Waals surface area contributed by atoms with Crippen molar-refractivity contribution in [3.05, 3.63) is 53.6 Å². The van der Waals surface area contributed by atoms with Crippen LogP contribution in [0.15, 0.2) is 53.4 Å². The third-order valence-electron chi connectivity index (χ3n) is 3.11. The highest BCUT2D eigenvalue weighted by molar-refractivity contribution is 7.92. The van der Waals surface area contributed by atoms with Gasteiger partial charge in [-0.1, -0.05) is 11.6 Å². The second kappa shape index (κ2) is 7.88. The van der Waals surface area contributed by atoms with Gasteiger partial charge in [0.1, 0.15) is 12.3 Å². The molecular weight excluding hydrogens is 373 g/mol. The lowest BCUT2D eigenvalue weighted by Crippen LogP contribution is -2.34. The number of halogens is 2. The van der Waals surface area contributed by atoms with Gasteiger partial charge >= 0.3 is 0 Å². The summed E-state index contributed by atoms with van der Waals surface area (Å²) in [5, 5.41) is -0.378. The summed E-state index contributed by atoms with van der Waals surface area (Å²) in [5.41, 5.74) is 0.308. The molecule has 24 heavy (non-hydrogen) atoms. The van der Waals surface area contributed by atoms with Crippen LogP contribution in [-0.4, -0.2) is 26.8 Å². The minimum absolute atomic E-state index is 0.0127. The van der Waals surface area contributed by atoms with E-state index in [2.05, 4.69) is 0 Å². The van der Waals surface area contributed by atoms with Crippen molar-refractivity contribution in [1.82, 2.24) is 0 Å². The molecular formula is C16H15Cl2NO4S. The van der Waals surface area contributed by atoms with E-state index in [0.29, 0.717) is 23.1 Å². The predicted molar refractivity (Wildman–Crippen MR) is 94.5 cm³/mol. The molecule has 0 radical (unpaired) electrons. The van der Waals surface area contributed by atoms with Gasteiger partial charge in [-0.3, -0.25) is 9.10 Å². The fraction of sp³-hybridized carbons (Fsp3) is 0.188. The van der Waals surface area contributed by atoms with Crippen molar-refractivity contribution in [3.63, 3.8) is 0 Å². The number of sulfonamides is 1. The van der Waals surface area contributed by atoms with Gasteiger partial charge in [-0.05, 0) is 67.1 Å². The Kier molecular flexibility index (Phi) is 6.10. The summed E-state index contributed by atoms with van der Waals surface area (Å²) in [6, 6.07) is 12.0. The molecule has 2 rings (SSSR count). The molecule has 0 fully saturated rings. The van der Waals surface area contributed by atoms with Crippen molar-refractivity contribution in [2.75, 3.05) is 17.5 Å². The number of hydrogen-bond acceptors (Lipinski definition) is 4. The summed E-state index contributed by atoms with van der Waals surface area (Å²) in [6.45, 7) is 1.85. The van der Waals surface area contributed by atoms with Crippen LogP contribution < -0.4 is 9.04 Å². The van der Waals surface area contributed by atoms with Crippen LogP contribution in [-0.2, 0) is 14.8 Å². The number of anilines is 1. The zero-order valence-corrected chi connectivity index (χ0v) is 15.1. The third-order valence-corrected chi connectivity index (χ3v) is 5.26. The lowest BCUT2D eigenvalue weighted by atomic mass is 10.3. The predicted octanol–water partition coefficient (Wildman–Crippen LogP) is 3.70. The molecule has 0 aliphatic heterocycles. The fourth-order valence-corrected chi connectivity index (χ4v) is 3.77. The van der Waals surface area contributed by atoms with Crippen LogP contribution in [0.5, 0.6) is 5.75 Å². The Morgan fingerprint density at radius 3 is 2.17 bits per heavy atom.